The maximum Gasteiger partial charge on any atom is 0.196 e. The quantitative estimate of drug-likeness (QED) is 0.798. The Morgan fingerprint density at radius 3 is 2.29 bits per heavy atom. The average Bonchev–Trinajstić information content (AvgIpc) is 2.55. The van der Waals surface area contributed by atoms with Crippen molar-refractivity contribution in [2.45, 2.75) is 39.4 Å². The molecule has 128 valence electrons. The fourth-order valence-electron chi connectivity index (χ4n) is 2.41. The van der Waals surface area contributed by atoms with Crippen molar-refractivity contribution in [3.63, 3.8) is 0 Å². The van der Waals surface area contributed by atoms with Crippen LogP contribution in [0.1, 0.15) is 47.0 Å². The van der Waals surface area contributed by atoms with Crippen LogP contribution in [0.5, 0.6) is 5.75 Å². The Morgan fingerprint density at radius 2 is 1.71 bits per heavy atom. The number of hydrogen-bond donors (Lipinski definition) is 2. The van der Waals surface area contributed by atoms with Gasteiger partial charge in [0.05, 0.1) is 5.60 Å². The van der Waals surface area contributed by atoms with Gasteiger partial charge < -0.3 is 14.9 Å². The minimum atomic E-state index is -1.19. The van der Waals surface area contributed by atoms with Gasteiger partial charge in [-0.15, -0.1) is 0 Å². The molecular formula is C20H24O4. The van der Waals surface area contributed by atoms with E-state index in [4.69, 9.17) is 4.74 Å². The highest BCUT2D eigenvalue weighted by Crippen LogP contribution is 2.28. The van der Waals surface area contributed by atoms with Crippen LogP contribution in [0.2, 0.25) is 0 Å². The van der Waals surface area contributed by atoms with Gasteiger partial charge in [0.1, 0.15) is 18.5 Å². The van der Waals surface area contributed by atoms with Gasteiger partial charge in [-0.25, -0.2) is 0 Å². The summed E-state index contributed by atoms with van der Waals surface area (Å²) in [5, 5.41) is 20.1. The normalized spacial score (nSPS) is 12.8. The lowest BCUT2D eigenvalue weighted by atomic mass is 9.94. The van der Waals surface area contributed by atoms with Gasteiger partial charge in [-0.05, 0) is 56.5 Å². The van der Waals surface area contributed by atoms with Gasteiger partial charge in [0.15, 0.2) is 5.78 Å². The maximum absolute atomic E-state index is 12.6. The van der Waals surface area contributed by atoms with Gasteiger partial charge in [-0.3, -0.25) is 4.79 Å². The van der Waals surface area contributed by atoms with E-state index in [1.165, 1.54) is 0 Å². The lowest BCUT2D eigenvalue weighted by molar-refractivity contribution is 0.0282. The van der Waals surface area contributed by atoms with E-state index in [0.29, 0.717) is 16.9 Å². The Hall–Kier alpha value is -2.17. The summed E-state index contributed by atoms with van der Waals surface area (Å²) in [6.07, 6.45) is -1.19. The summed E-state index contributed by atoms with van der Waals surface area (Å²) in [5.74, 6) is 0.288. The fraction of sp³-hybridized carbons (Fsp3) is 0.350. The van der Waals surface area contributed by atoms with Gasteiger partial charge in [0, 0.05) is 5.56 Å². The second-order valence-corrected chi connectivity index (χ2v) is 6.64. The van der Waals surface area contributed by atoms with Crippen molar-refractivity contribution < 1.29 is 19.7 Å². The summed E-state index contributed by atoms with van der Waals surface area (Å²) in [6, 6.07) is 12.2. The molecule has 0 fully saturated rings. The lowest BCUT2D eigenvalue weighted by Gasteiger charge is -2.20. The minimum Gasteiger partial charge on any atom is -0.490 e. The Morgan fingerprint density at radius 1 is 1.08 bits per heavy atom. The van der Waals surface area contributed by atoms with E-state index in [-0.39, 0.29) is 12.4 Å². The lowest BCUT2D eigenvalue weighted by Crippen LogP contribution is -2.28. The summed E-state index contributed by atoms with van der Waals surface area (Å²) in [4.78, 5) is 12.6. The monoisotopic (exact) mass is 328 g/mol. The van der Waals surface area contributed by atoms with Crippen LogP contribution in [-0.2, 0) is 0 Å². The third-order valence-corrected chi connectivity index (χ3v) is 3.95. The number of ketones is 1. The van der Waals surface area contributed by atoms with Crippen LogP contribution in [0.3, 0.4) is 0 Å². The molecule has 0 heterocycles. The Kier molecular flexibility index (Phi) is 5.42. The first kappa shape index (κ1) is 18.2. The summed E-state index contributed by atoms with van der Waals surface area (Å²) >= 11 is 0. The number of aliphatic hydroxyl groups is 2. The predicted molar refractivity (Wildman–Crippen MR) is 93.4 cm³/mol. The number of carbonyl (C=O) groups is 1. The molecule has 2 aromatic rings. The second-order valence-electron chi connectivity index (χ2n) is 6.64. The van der Waals surface area contributed by atoms with Crippen molar-refractivity contribution in [3.8, 4) is 5.75 Å². The number of aliphatic hydroxyl groups excluding tert-OH is 1. The molecule has 0 bridgehead atoms. The number of benzene rings is 2. The maximum atomic E-state index is 12.6. The molecule has 4 nitrogen and oxygen atoms in total. The predicted octanol–water partition coefficient (Wildman–Crippen LogP) is 3.37. The van der Waals surface area contributed by atoms with Crippen LogP contribution < -0.4 is 4.74 Å². The SMILES string of the molecule is Cc1c(OCC(C)(C)O)ccc(C(=O)C(O)c2ccccc2)c1C. The smallest absolute Gasteiger partial charge is 0.196 e. The molecule has 0 aliphatic carbocycles. The van der Waals surface area contributed by atoms with E-state index in [1.807, 2.05) is 19.9 Å². The number of ether oxygens (including phenoxy) is 1. The highest BCUT2D eigenvalue weighted by Gasteiger charge is 2.22. The van der Waals surface area contributed by atoms with E-state index >= 15 is 0 Å². The first-order chi connectivity index (χ1) is 11.2. The number of carbonyl (C=O) groups excluding carboxylic acids is 1. The molecule has 1 unspecified atom stereocenters. The number of rotatable bonds is 6. The minimum absolute atomic E-state index is 0.160. The second kappa shape index (κ2) is 7.16. The van der Waals surface area contributed by atoms with Crippen molar-refractivity contribution in [2.75, 3.05) is 6.61 Å². The van der Waals surface area contributed by atoms with Crippen molar-refractivity contribution in [3.05, 3.63) is 64.7 Å². The molecule has 0 saturated heterocycles. The van der Waals surface area contributed by atoms with E-state index in [2.05, 4.69) is 0 Å². The summed E-state index contributed by atoms with van der Waals surface area (Å²) < 4.78 is 5.64. The van der Waals surface area contributed by atoms with Crippen molar-refractivity contribution >= 4 is 5.78 Å². The molecule has 24 heavy (non-hydrogen) atoms. The number of hydrogen-bond acceptors (Lipinski definition) is 4. The van der Waals surface area contributed by atoms with E-state index in [9.17, 15) is 15.0 Å². The van der Waals surface area contributed by atoms with Crippen LogP contribution in [-0.4, -0.2) is 28.2 Å². The molecule has 4 heteroatoms. The molecule has 2 rings (SSSR count). The van der Waals surface area contributed by atoms with Crippen LogP contribution in [0.4, 0.5) is 0 Å². The van der Waals surface area contributed by atoms with E-state index in [1.54, 1.807) is 50.2 Å². The largest absolute Gasteiger partial charge is 0.490 e. The third kappa shape index (κ3) is 4.22. The molecule has 0 aliphatic heterocycles. The molecule has 2 N–H and O–H groups in total. The molecular weight excluding hydrogens is 304 g/mol. The van der Waals surface area contributed by atoms with Gasteiger partial charge >= 0.3 is 0 Å². The van der Waals surface area contributed by atoms with Gasteiger partial charge in [0.2, 0.25) is 0 Å². The number of Topliss-reactive ketones (excluding diaryl/α,β-unsaturated/α-hetero) is 1. The van der Waals surface area contributed by atoms with E-state index < -0.39 is 11.7 Å². The fourth-order valence-corrected chi connectivity index (χ4v) is 2.41. The summed E-state index contributed by atoms with van der Waals surface area (Å²) in [5.41, 5.74) is 1.70. The zero-order valence-corrected chi connectivity index (χ0v) is 14.5. The molecule has 0 aliphatic rings. The zero-order valence-electron chi connectivity index (χ0n) is 14.5. The van der Waals surface area contributed by atoms with Crippen molar-refractivity contribution in [1.82, 2.24) is 0 Å². The zero-order chi connectivity index (χ0) is 17.9. The third-order valence-electron chi connectivity index (χ3n) is 3.95. The first-order valence-corrected chi connectivity index (χ1v) is 7.93. The highest BCUT2D eigenvalue weighted by atomic mass is 16.5. The van der Waals surface area contributed by atoms with Crippen LogP contribution in [0.25, 0.3) is 0 Å². The molecule has 0 spiro atoms. The van der Waals surface area contributed by atoms with Crippen molar-refractivity contribution in [1.29, 1.82) is 0 Å². The molecule has 0 radical (unpaired) electrons. The van der Waals surface area contributed by atoms with Crippen molar-refractivity contribution in [2.24, 2.45) is 0 Å². The summed E-state index contributed by atoms with van der Waals surface area (Å²) in [6.45, 7) is 7.19. The standard InChI is InChI=1S/C20H24O4/c1-13-14(2)17(24-12-20(3,4)23)11-10-16(13)19(22)18(21)15-8-6-5-7-9-15/h5-11,18,21,23H,12H2,1-4H3. The Balaban J connectivity index is 2.25. The van der Waals surface area contributed by atoms with E-state index in [0.717, 1.165) is 11.1 Å². The Bertz CT molecular complexity index is 714. The molecule has 0 amide bonds. The van der Waals surface area contributed by atoms with Crippen LogP contribution in [0, 0.1) is 13.8 Å². The average molecular weight is 328 g/mol. The Labute approximate surface area is 142 Å². The topological polar surface area (TPSA) is 66.8 Å². The van der Waals surface area contributed by atoms with Gasteiger partial charge in [-0.1, -0.05) is 30.3 Å². The molecule has 0 saturated carbocycles. The highest BCUT2D eigenvalue weighted by molar-refractivity contribution is 6.01. The molecule has 1 atom stereocenters. The van der Waals surface area contributed by atoms with Gasteiger partial charge in [-0.2, -0.15) is 0 Å². The molecule has 2 aromatic carbocycles. The van der Waals surface area contributed by atoms with Gasteiger partial charge in [0.25, 0.3) is 0 Å². The van der Waals surface area contributed by atoms with Crippen LogP contribution in [0.15, 0.2) is 42.5 Å². The summed E-state index contributed by atoms with van der Waals surface area (Å²) in [7, 11) is 0. The first-order valence-electron chi connectivity index (χ1n) is 7.93. The molecule has 0 aromatic heterocycles. The van der Waals surface area contributed by atoms with Crippen LogP contribution >= 0.6 is 0 Å².